The topological polar surface area (TPSA) is 35.6 Å². The Labute approximate surface area is 393 Å². The largest absolute Gasteiger partial charge is 0.309 e. The molecule has 0 unspecified atom stereocenters. The van der Waals surface area contributed by atoms with Gasteiger partial charge in [0.2, 0.25) is 0 Å². The Bertz CT molecular complexity index is 3690. The molecule has 0 fully saturated rings. The van der Waals surface area contributed by atoms with Crippen LogP contribution in [-0.4, -0.2) is 19.1 Å². The van der Waals surface area contributed by atoms with Crippen LogP contribution in [0.1, 0.15) is 105 Å². The maximum Gasteiger partial charge on any atom is 0.123 e. The molecule has 8 aromatic carbocycles. The highest BCUT2D eigenvalue weighted by atomic mass is 19.1. The monoisotopic (exact) mass is 878 g/mol. The average Bonchev–Trinajstić information content (AvgIpc) is 3.79. The summed E-state index contributed by atoms with van der Waals surface area (Å²) in [7, 11) is 0. The summed E-state index contributed by atoms with van der Waals surface area (Å²) in [5, 5.41) is 9.25. The fraction of sp³-hybridized carbons (Fsp3) is 0.258. The van der Waals surface area contributed by atoms with Gasteiger partial charge in [0.05, 0.1) is 45.0 Å². The van der Waals surface area contributed by atoms with Crippen LogP contribution in [0.3, 0.4) is 0 Å². The molecule has 0 N–H and O–H groups in total. The van der Waals surface area contributed by atoms with Gasteiger partial charge in [-0.05, 0) is 152 Å². The lowest BCUT2D eigenvalue weighted by Gasteiger charge is -2.19. The van der Waals surface area contributed by atoms with Crippen molar-refractivity contribution in [3.63, 3.8) is 0 Å². The second-order valence-electron chi connectivity index (χ2n) is 23.0. The van der Waals surface area contributed by atoms with Gasteiger partial charge in [0.15, 0.2) is 0 Å². The van der Waals surface area contributed by atoms with Gasteiger partial charge >= 0.3 is 0 Å². The summed E-state index contributed by atoms with van der Waals surface area (Å²) in [5.41, 5.74) is 15.3. The number of halogens is 1. The second kappa shape index (κ2) is 14.6. The maximum atomic E-state index is 14.1. The van der Waals surface area contributed by atoms with Crippen LogP contribution in [0, 0.1) is 5.82 Å². The van der Waals surface area contributed by atoms with Crippen molar-refractivity contribution in [2.75, 3.05) is 0 Å². The minimum atomic E-state index is -0.279. The zero-order chi connectivity index (χ0) is 47.1. The Morgan fingerprint density at radius 2 is 0.716 bits per heavy atom. The number of fused-ring (bicyclic) bond motifs is 12. The van der Waals surface area contributed by atoms with E-state index < -0.39 is 0 Å². The van der Waals surface area contributed by atoms with Crippen molar-refractivity contribution < 1.29 is 4.39 Å². The van der Waals surface area contributed by atoms with E-state index in [1.807, 2.05) is 6.20 Å². The molecule has 334 valence electrons. The van der Waals surface area contributed by atoms with Crippen LogP contribution >= 0.6 is 0 Å². The minimum Gasteiger partial charge on any atom is -0.309 e. The molecular weight excluding hydrogens is 820 g/mol. The molecule has 0 aliphatic carbocycles. The summed E-state index contributed by atoms with van der Waals surface area (Å²) in [5.74, 6) is -0.279. The Morgan fingerprint density at radius 3 is 1.07 bits per heavy atom. The van der Waals surface area contributed by atoms with E-state index >= 15 is 0 Å². The molecule has 11 rings (SSSR count). The van der Waals surface area contributed by atoms with Crippen LogP contribution in [0.2, 0.25) is 0 Å². The third-order valence-corrected chi connectivity index (χ3v) is 14.2. The molecule has 5 heteroatoms. The van der Waals surface area contributed by atoms with Crippen molar-refractivity contribution in [2.45, 2.75) is 105 Å². The summed E-state index contributed by atoms with van der Waals surface area (Å²) < 4.78 is 19.0. The van der Waals surface area contributed by atoms with Crippen LogP contribution in [0.5, 0.6) is 0 Å². The lowest BCUT2D eigenvalue weighted by atomic mass is 9.85. The molecule has 0 amide bonds. The Balaban J connectivity index is 1.23. The van der Waals surface area contributed by atoms with Crippen LogP contribution < -0.4 is 0 Å². The van der Waals surface area contributed by atoms with E-state index in [9.17, 15) is 4.39 Å². The standard InChI is InChI=1S/C62H59FN4/c1-59(2,3)37-15-25-53-48(29-37)49-30-38(60(4,5)6)16-26-54(49)66(53)42-21-23-44-46(33-42)47-34-43(22-24-45(47)58-57(44)64-35-52(65-58)36-13-19-41(63)20-14-36)67-55-27-17-39(61(7,8)9)31-50(55)51-32-40(62(10,11)12)18-28-56(51)67/h13-35H,1-12H3. The van der Waals surface area contributed by atoms with Crippen LogP contribution in [-0.2, 0) is 21.7 Å². The smallest absolute Gasteiger partial charge is 0.123 e. The number of nitrogens with zero attached hydrogens (tertiary/aromatic N) is 4. The lowest BCUT2D eigenvalue weighted by Crippen LogP contribution is -2.10. The Hall–Kier alpha value is -6.85. The third-order valence-electron chi connectivity index (χ3n) is 14.2. The predicted octanol–water partition coefficient (Wildman–Crippen LogP) is 17.1. The summed E-state index contributed by atoms with van der Waals surface area (Å²) in [6, 6.07) is 48.3. The summed E-state index contributed by atoms with van der Waals surface area (Å²) >= 11 is 0. The molecule has 0 atom stereocenters. The number of benzene rings is 8. The maximum absolute atomic E-state index is 14.1. The molecule has 0 radical (unpaired) electrons. The average molecular weight is 879 g/mol. The molecule has 3 heterocycles. The van der Waals surface area contributed by atoms with E-state index in [1.165, 1.54) is 78.0 Å². The van der Waals surface area contributed by atoms with E-state index in [0.29, 0.717) is 5.69 Å². The Kier molecular flexibility index (Phi) is 9.30. The van der Waals surface area contributed by atoms with Crippen molar-refractivity contribution in [3.05, 3.63) is 168 Å². The van der Waals surface area contributed by atoms with Gasteiger partial charge in [0.25, 0.3) is 0 Å². The van der Waals surface area contributed by atoms with Crippen molar-refractivity contribution in [1.82, 2.24) is 19.1 Å². The molecule has 67 heavy (non-hydrogen) atoms. The lowest BCUT2D eigenvalue weighted by molar-refractivity contribution is 0.590. The highest BCUT2D eigenvalue weighted by Gasteiger charge is 2.24. The van der Waals surface area contributed by atoms with Gasteiger partial charge in [-0.3, -0.25) is 4.98 Å². The first-order valence-corrected chi connectivity index (χ1v) is 23.7. The molecule has 4 nitrogen and oxygen atoms in total. The van der Waals surface area contributed by atoms with Gasteiger partial charge < -0.3 is 9.13 Å². The van der Waals surface area contributed by atoms with Gasteiger partial charge in [-0.1, -0.05) is 119 Å². The van der Waals surface area contributed by atoms with Gasteiger partial charge in [-0.15, -0.1) is 0 Å². The Morgan fingerprint density at radius 1 is 0.358 bits per heavy atom. The van der Waals surface area contributed by atoms with E-state index in [1.54, 1.807) is 12.1 Å². The van der Waals surface area contributed by atoms with E-state index in [2.05, 4.69) is 201 Å². The fourth-order valence-electron chi connectivity index (χ4n) is 10.2. The molecule has 0 spiro atoms. The van der Waals surface area contributed by atoms with E-state index in [0.717, 1.165) is 49.5 Å². The van der Waals surface area contributed by atoms with Crippen LogP contribution in [0.4, 0.5) is 4.39 Å². The second-order valence-corrected chi connectivity index (χ2v) is 23.0. The zero-order valence-corrected chi connectivity index (χ0v) is 40.9. The molecule has 0 aliphatic rings. The first-order chi connectivity index (χ1) is 31.6. The molecule has 0 aliphatic heterocycles. The molecule has 3 aromatic heterocycles. The number of rotatable bonds is 3. The molecule has 11 aromatic rings. The van der Waals surface area contributed by atoms with Crippen molar-refractivity contribution >= 4 is 76.2 Å². The van der Waals surface area contributed by atoms with Crippen molar-refractivity contribution in [2.24, 2.45) is 0 Å². The normalized spacial score (nSPS) is 13.1. The first-order valence-electron chi connectivity index (χ1n) is 23.7. The quantitative estimate of drug-likeness (QED) is 0.166. The predicted molar refractivity (Wildman–Crippen MR) is 283 cm³/mol. The number of hydrogen-bond donors (Lipinski definition) is 0. The number of aromatic nitrogens is 4. The van der Waals surface area contributed by atoms with Crippen LogP contribution in [0.25, 0.3) is 98.8 Å². The molecule has 0 saturated carbocycles. The van der Waals surface area contributed by atoms with Crippen LogP contribution in [0.15, 0.2) is 140 Å². The van der Waals surface area contributed by atoms with Crippen molar-refractivity contribution in [1.29, 1.82) is 0 Å². The van der Waals surface area contributed by atoms with Gasteiger partial charge in [-0.25, -0.2) is 9.37 Å². The van der Waals surface area contributed by atoms with Gasteiger partial charge in [0, 0.05) is 49.3 Å². The molecule has 0 bridgehead atoms. The van der Waals surface area contributed by atoms with Gasteiger partial charge in [-0.2, -0.15) is 0 Å². The zero-order valence-electron chi connectivity index (χ0n) is 40.9. The van der Waals surface area contributed by atoms with Crippen molar-refractivity contribution in [3.8, 4) is 22.6 Å². The van der Waals surface area contributed by atoms with E-state index in [4.69, 9.17) is 9.97 Å². The van der Waals surface area contributed by atoms with E-state index in [-0.39, 0.29) is 27.5 Å². The van der Waals surface area contributed by atoms with Gasteiger partial charge in [0.1, 0.15) is 5.82 Å². The summed E-state index contributed by atoms with van der Waals surface area (Å²) in [4.78, 5) is 10.5. The first kappa shape index (κ1) is 42.8. The molecular formula is C62H59FN4. The summed E-state index contributed by atoms with van der Waals surface area (Å²) in [6.07, 6.45) is 1.82. The highest BCUT2D eigenvalue weighted by Crippen LogP contribution is 2.43. The highest BCUT2D eigenvalue weighted by molar-refractivity contribution is 6.24. The summed E-state index contributed by atoms with van der Waals surface area (Å²) in [6.45, 7) is 27.5. The SMILES string of the molecule is CC(C)(C)c1ccc2c(c1)c1cc(C(C)(C)C)ccc1n2-c1ccc2c(c1)c1cc(-n3c4ccc(C(C)(C)C)cc4c4cc(C(C)(C)C)ccc43)ccc1c1nc(-c3ccc(F)cc3)cnc21. The number of hydrogen-bond acceptors (Lipinski definition) is 2. The third kappa shape index (κ3) is 7.00. The minimum absolute atomic E-state index is 0.00118. The molecule has 0 saturated heterocycles. The fourth-order valence-corrected chi connectivity index (χ4v) is 10.2.